The van der Waals surface area contributed by atoms with Gasteiger partial charge in [0.1, 0.15) is 0 Å². The molecule has 2 aliphatic heterocycles. The lowest BCUT2D eigenvalue weighted by Crippen LogP contribution is -2.52. The number of hydrogen-bond acceptors (Lipinski definition) is 4. The Morgan fingerprint density at radius 3 is 2.61 bits per heavy atom. The lowest BCUT2D eigenvalue weighted by Gasteiger charge is -2.41. The molecule has 0 amide bonds. The Labute approximate surface area is 162 Å². The van der Waals surface area contributed by atoms with Crippen molar-refractivity contribution < 1.29 is 4.74 Å². The van der Waals surface area contributed by atoms with E-state index < -0.39 is 0 Å². The highest BCUT2D eigenvalue weighted by Crippen LogP contribution is 2.26. The zero-order valence-electron chi connectivity index (χ0n) is 14.8. The second-order valence-corrected chi connectivity index (χ2v) is 7.85. The molecule has 2 aliphatic rings. The summed E-state index contributed by atoms with van der Waals surface area (Å²) in [7, 11) is 4.33. The fraction of sp³-hybridized carbons (Fsp3) is 0.938. The predicted molar refractivity (Wildman–Crippen MR) is 111 cm³/mol. The fourth-order valence-corrected chi connectivity index (χ4v) is 4.28. The Kier molecular flexibility index (Phi) is 10.2. The maximum absolute atomic E-state index is 5.54. The zero-order chi connectivity index (χ0) is 15.8. The molecule has 0 radical (unpaired) electrons. The van der Waals surface area contributed by atoms with Crippen LogP contribution in [0, 0.1) is 0 Å². The van der Waals surface area contributed by atoms with Crippen LogP contribution in [0.2, 0.25) is 0 Å². The summed E-state index contributed by atoms with van der Waals surface area (Å²) in [4.78, 5) is 7.21. The monoisotopic (exact) mass is 456 g/mol. The lowest BCUT2D eigenvalue weighted by molar-refractivity contribution is -0.00254. The van der Waals surface area contributed by atoms with Crippen molar-refractivity contribution in [2.24, 2.45) is 4.99 Å². The predicted octanol–water partition coefficient (Wildman–Crippen LogP) is 2.17. The minimum atomic E-state index is 0. The van der Waals surface area contributed by atoms with Gasteiger partial charge < -0.3 is 20.3 Å². The maximum atomic E-state index is 5.54. The Morgan fingerprint density at radius 2 is 2.04 bits per heavy atom. The van der Waals surface area contributed by atoms with E-state index in [2.05, 4.69) is 48.3 Å². The summed E-state index contributed by atoms with van der Waals surface area (Å²) < 4.78 is 5.54. The van der Waals surface area contributed by atoms with Crippen molar-refractivity contribution >= 4 is 41.7 Å². The number of likely N-dealkylation sites (N-methyl/N-ethyl adjacent to an activating group) is 1. The minimum absolute atomic E-state index is 0. The quantitative estimate of drug-likeness (QED) is 0.365. The molecule has 0 aliphatic carbocycles. The van der Waals surface area contributed by atoms with Crippen LogP contribution in [0.4, 0.5) is 0 Å². The molecule has 2 rings (SSSR count). The molecule has 7 heteroatoms. The summed E-state index contributed by atoms with van der Waals surface area (Å²) >= 11 is 2.08. The van der Waals surface area contributed by atoms with Gasteiger partial charge in [-0.15, -0.1) is 24.0 Å². The number of ether oxygens (including phenoxy) is 1. The molecule has 136 valence electrons. The maximum Gasteiger partial charge on any atom is 0.191 e. The highest BCUT2D eigenvalue weighted by Gasteiger charge is 2.34. The van der Waals surface area contributed by atoms with Crippen molar-refractivity contribution in [2.45, 2.75) is 43.4 Å². The van der Waals surface area contributed by atoms with E-state index in [-0.39, 0.29) is 29.5 Å². The van der Waals surface area contributed by atoms with Gasteiger partial charge in [-0.3, -0.25) is 4.99 Å². The minimum Gasteiger partial charge on any atom is -0.381 e. The fourth-order valence-electron chi connectivity index (χ4n) is 3.08. The normalized spacial score (nSPS) is 24.3. The molecule has 0 bridgehead atoms. The van der Waals surface area contributed by atoms with Crippen LogP contribution in [0.1, 0.15) is 32.6 Å². The van der Waals surface area contributed by atoms with Gasteiger partial charge in [-0.05, 0) is 52.5 Å². The summed E-state index contributed by atoms with van der Waals surface area (Å²) in [5.41, 5.74) is 0.142. The van der Waals surface area contributed by atoms with E-state index in [4.69, 9.17) is 9.73 Å². The molecule has 0 saturated carbocycles. The Bertz CT molecular complexity index is 356. The van der Waals surface area contributed by atoms with Crippen LogP contribution in [0.15, 0.2) is 4.99 Å². The van der Waals surface area contributed by atoms with E-state index in [0.29, 0.717) is 0 Å². The zero-order valence-corrected chi connectivity index (χ0v) is 17.9. The van der Waals surface area contributed by atoms with Crippen molar-refractivity contribution in [1.29, 1.82) is 0 Å². The number of rotatable bonds is 6. The number of thioether (sulfide) groups is 1. The topological polar surface area (TPSA) is 48.9 Å². The molecule has 2 fully saturated rings. The van der Waals surface area contributed by atoms with E-state index in [1.54, 1.807) is 0 Å². The Balaban J connectivity index is 0.00000264. The Hall–Kier alpha value is 0.270. The van der Waals surface area contributed by atoms with E-state index >= 15 is 0 Å². The molecule has 23 heavy (non-hydrogen) atoms. The average molecular weight is 456 g/mol. The summed E-state index contributed by atoms with van der Waals surface area (Å²) in [5.74, 6) is 2.27. The van der Waals surface area contributed by atoms with Gasteiger partial charge in [-0.2, -0.15) is 11.8 Å². The van der Waals surface area contributed by atoms with Gasteiger partial charge in [-0.1, -0.05) is 0 Å². The lowest BCUT2D eigenvalue weighted by atomic mass is 9.89. The highest BCUT2D eigenvalue weighted by atomic mass is 127. The number of aliphatic imine (C=N–C) groups is 1. The molecule has 1 atom stereocenters. The number of guanidine groups is 1. The third-order valence-corrected chi connectivity index (χ3v) is 6.17. The van der Waals surface area contributed by atoms with Gasteiger partial charge in [0.2, 0.25) is 0 Å². The average Bonchev–Trinajstić information content (AvgIpc) is 3.04. The van der Waals surface area contributed by atoms with Crippen molar-refractivity contribution in [3.05, 3.63) is 0 Å². The van der Waals surface area contributed by atoms with Gasteiger partial charge in [0.25, 0.3) is 0 Å². The first-order valence-corrected chi connectivity index (χ1v) is 9.60. The summed E-state index contributed by atoms with van der Waals surface area (Å²) in [6, 6.07) is 0. The van der Waals surface area contributed by atoms with Gasteiger partial charge in [0.05, 0.1) is 6.54 Å². The van der Waals surface area contributed by atoms with Crippen LogP contribution in [0.3, 0.4) is 0 Å². The first kappa shape index (κ1) is 21.3. The number of halogens is 1. The van der Waals surface area contributed by atoms with E-state index in [9.17, 15) is 0 Å². The summed E-state index contributed by atoms with van der Waals surface area (Å²) in [6.45, 7) is 6.57. The van der Waals surface area contributed by atoms with Crippen LogP contribution >= 0.6 is 35.7 Å². The molecular formula is C16H33IN4OS. The molecule has 1 unspecified atom stereocenters. The summed E-state index contributed by atoms with van der Waals surface area (Å²) in [5, 5.41) is 7.65. The number of hydrogen-bond donors (Lipinski definition) is 2. The van der Waals surface area contributed by atoms with E-state index in [1.807, 2.05) is 0 Å². The molecule has 2 N–H and O–H groups in total. The summed E-state index contributed by atoms with van der Waals surface area (Å²) in [6.07, 6.45) is 4.80. The van der Waals surface area contributed by atoms with Crippen LogP contribution in [-0.4, -0.2) is 74.3 Å². The highest BCUT2D eigenvalue weighted by molar-refractivity contribution is 14.0. The van der Waals surface area contributed by atoms with Crippen molar-refractivity contribution in [3.63, 3.8) is 0 Å². The molecule has 0 spiro atoms. The third kappa shape index (κ3) is 6.59. The third-order valence-electron chi connectivity index (χ3n) is 4.77. The van der Waals surface area contributed by atoms with Gasteiger partial charge in [-0.25, -0.2) is 0 Å². The SMILES string of the molecule is CCNC(=NCC1(N(C)C)CCOCC1)NCC1CCCS1.I. The molecule has 0 aromatic carbocycles. The first-order valence-electron chi connectivity index (χ1n) is 8.55. The molecule has 0 aromatic heterocycles. The smallest absolute Gasteiger partial charge is 0.191 e. The number of nitrogens with zero attached hydrogens (tertiary/aromatic N) is 2. The van der Waals surface area contributed by atoms with Crippen LogP contribution < -0.4 is 10.6 Å². The van der Waals surface area contributed by atoms with Crippen molar-refractivity contribution in [2.75, 3.05) is 52.7 Å². The van der Waals surface area contributed by atoms with E-state index in [0.717, 1.165) is 56.9 Å². The second kappa shape index (κ2) is 11.0. The first-order chi connectivity index (χ1) is 10.7. The Morgan fingerprint density at radius 1 is 1.30 bits per heavy atom. The molecule has 0 aromatic rings. The van der Waals surface area contributed by atoms with Crippen molar-refractivity contribution in [3.8, 4) is 0 Å². The molecule has 2 saturated heterocycles. The molecular weight excluding hydrogens is 423 g/mol. The molecule has 2 heterocycles. The molecule has 5 nitrogen and oxygen atoms in total. The number of nitrogens with one attached hydrogen (secondary N) is 2. The van der Waals surface area contributed by atoms with Gasteiger partial charge in [0.15, 0.2) is 5.96 Å². The van der Waals surface area contributed by atoms with Crippen LogP contribution in [0.25, 0.3) is 0 Å². The van der Waals surface area contributed by atoms with Gasteiger partial charge >= 0.3 is 0 Å². The van der Waals surface area contributed by atoms with Crippen molar-refractivity contribution in [1.82, 2.24) is 15.5 Å². The van der Waals surface area contributed by atoms with Crippen LogP contribution in [-0.2, 0) is 4.74 Å². The van der Waals surface area contributed by atoms with E-state index in [1.165, 1.54) is 18.6 Å². The van der Waals surface area contributed by atoms with Gasteiger partial charge in [0, 0.05) is 37.1 Å². The largest absolute Gasteiger partial charge is 0.381 e. The standard InChI is InChI=1S/C16H32N4OS.HI/c1-4-17-15(18-12-14-6-5-11-22-14)19-13-16(20(2)3)7-9-21-10-8-16;/h14H,4-13H2,1-3H3,(H2,17,18,19);1H. The van der Waals surface area contributed by atoms with Crippen LogP contribution in [0.5, 0.6) is 0 Å². The second-order valence-electron chi connectivity index (χ2n) is 6.44.